The van der Waals surface area contributed by atoms with Crippen LogP contribution in [0.1, 0.15) is 10.5 Å². The second-order valence-corrected chi connectivity index (χ2v) is 6.39. The Morgan fingerprint density at radius 1 is 1.16 bits per heavy atom. The first-order valence-electron chi connectivity index (χ1n) is 7.67. The summed E-state index contributed by atoms with van der Waals surface area (Å²) < 4.78 is 6.61. The molecule has 1 aromatic heterocycles. The molecule has 0 aliphatic rings. The number of halogens is 1. The molecule has 0 unspecified atom stereocenters. The van der Waals surface area contributed by atoms with Crippen molar-refractivity contribution in [2.45, 2.75) is 0 Å². The largest absolute Gasteiger partial charge is 0.492 e. The van der Waals surface area contributed by atoms with E-state index in [1.165, 1.54) is 4.90 Å². The summed E-state index contributed by atoms with van der Waals surface area (Å²) in [5.41, 5.74) is -0.0882. The molecule has 0 aliphatic heterocycles. The van der Waals surface area contributed by atoms with Crippen LogP contribution in [-0.4, -0.2) is 41.2 Å². The van der Waals surface area contributed by atoms with Gasteiger partial charge in [0.15, 0.2) is 5.69 Å². The van der Waals surface area contributed by atoms with Gasteiger partial charge in [-0.1, -0.05) is 34.1 Å². The van der Waals surface area contributed by atoms with Crippen LogP contribution < -0.4 is 10.3 Å². The van der Waals surface area contributed by atoms with Gasteiger partial charge in [-0.2, -0.15) is 5.10 Å². The van der Waals surface area contributed by atoms with Gasteiger partial charge >= 0.3 is 0 Å². The predicted molar refractivity (Wildman–Crippen MR) is 99.0 cm³/mol. The van der Waals surface area contributed by atoms with Crippen molar-refractivity contribution in [1.82, 2.24) is 15.1 Å². The van der Waals surface area contributed by atoms with Crippen LogP contribution in [0.4, 0.5) is 0 Å². The maximum absolute atomic E-state index is 12.6. The van der Waals surface area contributed by atoms with Crippen LogP contribution in [0.5, 0.6) is 5.75 Å². The van der Waals surface area contributed by atoms with E-state index in [9.17, 15) is 9.59 Å². The minimum absolute atomic E-state index is 0.223. The van der Waals surface area contributed by atoms with E-state index < -0.39 is 0 Å². The normalized spacial score (nSPS) is 10.6. The fourth-order valence-corrected chi connectivity index (χ4v) is 2.66. The Bertz CT molecular complexity index is 954. The fourth-order valence-electron chi connectivity index (χ4n) is 2.39. The van der Waals surface area contributed by atoms with Crippen molar-refractivity contribution >= 4 is 32.6 Å². The summed E-state index contributed by atoms with van der Waals surface area (Å²) in [4.78, 5) is 26.0. The van der Waals surface area contributed by atoms with E-state index in [4.69, 9.17) is 4.74 Å². The first-order chi connectivity index (χ1) is 12.1. The third-order valence-electron chi connectivity index (χ3n) is 3.75. The van der Waals surface area contributed by atoms with Gasteiger partial charge in [-0.05, 0) is 30.3 Å². The molecule has 0 atom stereocenters. The highest BCUT2D eigenvalue weighted by molar-refractivity contribution is 9.10. The quantitative estimate of drug-likeness (QED) is 0.712. The topological polar surface area (TPSA) is 75.3 Å². The minimum atomic E-state index is -0.312. The number of likely N-dealkylation sites (N-methyl/N-ethyl adjacent to an activating group) is 1. The number of carbonyl (C=O) groups excluding carboxylic acids is 1. The molecule has 2 aromatic carbocycles. The van der Waals surface area contributed by atoms with Crippen molar-refractivity contribution in [2.75, 3.05) is 20.2 Å². The molecule has 0 fully saturated rings. The highest BCUT2D eigenvalue weighted by Crippen LogP contribution is 2.16. The van der Waals surface area contributed by atoms with Gasteiger partial charge in [0.05, 0.1) is 11.9 Å². The van der Waals surface area contributed by atoms with Gasteiger partial charge in [-0.3, -0.25) is 9.59 Å². The van der Waals surface area contributed by atoms with Crippen molar-refractivity contribution in [1.29, 1.82) is 0 Å². The average molecular weight is 402 g/mol. The Kier molecular flexibility index (Phi) is 5.14. The predicted octanol–water partition coefficient (Wildman–Crippen LogP) is 2.84. The van der Waals surface area contributed by atoms with Crippen LogP contribution in [0.15, 0.2) is 57.8 Å². The standard InChI is InChI=1S/C18H16BrN3O3/c1-22(10-11-25-13-8-6-12(19)7-9-13)18(24)16-14-4-2-3-5-15(14)17(23)21-20-16/h2-9H,10-11H2,1H3,(H,21,23). The van der Waals surface area contributed by atoms with Gasteiger partial charge in [-0.25, -0.2) is 5.10 Å². The van der Waals surface area contributed by atoms with Crippen LogP contribution in [0, 0.1) is 0 Å². The molecule has 3 aromatic rings. The molecule has 25 heavy (non-hydrogen) atoms. The molecular weight excluding hydrogens is 386 g/mol. The van der Waals surface area contributed by atoms with E-state index in [0.717, 1.165) is 10.2 Å². The van der Waals surface area contributed by atoms with Crippen molar-refractivity contribution in [2.24, 2.45) is 0 Å². The number of aromatic nitrogens is 2. The lowest BCUT2D eigenvalue weighted by Crippen LogP contribution is -2.32. The summed E-state index contributed by atoms with van der Waals surface area (Å²) in [6, 6.07) is 14.4. The number of aromatic amines is 1. The molecule has 1 amide bonds. The summed E-state index contributed by atoms with van der Waals surface area (Å²) in [6.45, 7) is 0.745. The number of nitrogens with zero attached hydrogens (tertiary/aromatic N) is 2. The molecule has 0 spiro atoms. The van der Waals surface area contributed by atoms with E-state index in [2.05, 4.69) is 26.1 Å². The van der Waals surface area contributed by atoms with Gasteiger partial charge in [-0.15, -0.1) is 0 Å². The van der Waals surface area contributed by atoms with Crippen LogP contribution in [0.2, 0.25) is 0 Å². The van der Waals surface area contributed by atoms with Crippen LogP contribution >= 0.6 is 15.9 Å². The van der Waals surface area contributed by atoms with Gasteiger partial charge < -0.3 is 9.64 Å². The molecular formula is C18H16BrN3O3. The first-order valence-corrected chi connectivity index (χ1v) is 8.47. The number of hydrogen-bond donors (Lipinski definition) is 1. The summed E-state index contributed by atoms with van der Waals surface area (Å²) in [7, 11) is 1.68. The lowest BCUT2D eigenvalue weighted by atomic mass is 10.1. The highest BCUT2D eigenvalue weighted by Gasteiger charge is 2.17. The molecule has 0 aliphatic carbocycles. The number of nitrogens with one attached hydrogen (secondary N) is 1. The van der Waals surface area contributed by atoms with Crippen molar-refractivity contribution in [3.05, 3.63) is 69.1 Å². The van der Waals surface area contributed by atoms with E-state index in [0.29, 0.717) is 23.9 Å². The third-order valence-corrected chi connectivity index (χ3v) is 4.28. The van der Waals surface area contributed by atoms with Gasteiger partial charge in [0.25, 0.3) is 11.5 Å². The van der Waals surface area contributed by atoms with Gasteiger partial charge in [0, 0.05) is 16.9 Å². The Balaban J connectivity index is 1.69. The zero-order chi connectivity index (χ0) is 17.8. The number of carbonyl (C=O) groups is 1. The molecule has 0 radical (unpaired) electrons. The summed E-state index contributed by atoms with van der Waals surface area (Å²) >= 11 is 3.37. The summed E-state index contributed by atoms with van der Waals surface area (Å²) in [6.07, 6.45) is 0. The van der Waals surface area contributed by atoms with E-state index >= 15 is 0 Å². The van der Waals surface area contributed by atoms with Gasteiger partial charge in [0.1, 0.15) is 12.4 Å². The molecule has 1 heterocycles. The average Bonchev–Trinajstić information content (AvgIpc) is 2.63. The van der Waals surface area contributed by atoms with Crippen molar-refractivity contribution < 1.29 is 9.53 Å². The molecule has 7 heteroatoms. The number of amides is 1. The van der Waals surface area contributed by atoms with Gasteiger partial charge in [0.2, 0.25) is 0 Å². The first kappa shape index (κ1) is 17.2. The number of rotatable bonds is 5. The Hall–Kier alpha value is -2.67. The number of fused-ring (bicyclic) bond motifs is 1. The molecule has 1 N–H and O–H groups in total. The highest BCUT2D eigenvalue weighted by atomic mass is 79.9. The smallest absolute Gasteiger partial charge is 0.274 e. The molecule has 0 saturated carbocycles. The van der Waals surface area contributed by atoms with Crippen LogP contribution in [0.3, 0.4) is 0 Å². The molecule has 128 valence electrons. The van der Waals surface area contributed by atoms with Crippen LogP contribution in [-0.2, 0) is 0 Å². The maximum Gasteiger partial charge on any atom is 0.274 e. The number of hydrogen-bond acceptors (Lipinski definition) is 4. The number of ether oxygens (including phenoxy) is 1. The third kappa shape index (κ3) is 3.88. The lowest BCUT2D eigenvalue weighted by Gasteiger charge is -2.17. The monoisotopic (exact) mass is 401 g/mol. The SMILES string of the molecule is CN(CCOc1ccc(Br)cc1)C(=O)c1n[nH]c(=O)c2ccccc12. The van der Waals surface area contributed by atoms with Crippen LogP contribution in [0.25, 0.3) is 10.8 Å². The Morgan fingerprint density at radius 2 is 1.84 bits per heavy atom. The number of benzene rings is 2. The van der Waals surface area contributed by atoms with Crippen molar-refractivity contribution in [3.63, 3.8) is 0 Å². The second-order valence-electron chi connectivity index (χ2n) is 5.48. The van der Waals surface area contributed by atoms with E-state index in [1.807, 2.05) is 24.3 Å². The van der Waals surface area contributed by atoms with E-state index in [1.54, 1.807) is 31.3 Å². The summed E-state index contributed by atoms with van der Waals surface area (Å²) in [5, 5.41) is 7.29. The van der Waals surface area contributed by atoms with Crippen molar-refractivity contribution in [3.8, 4) is 5.75 Å². The number of H-pyrrole nitrogens is 1. The second kappa shape index (κ2) is 7.48. The zero-order valence-corrected chi connectivity index (χ0v) is 15.1. The maximum atomic E-state index is 12.6. The lowest BCUT2D eigenvalue weighted by molar-refractivity contribution is 0.0769. The molecule has 0 saturated heterocycles. The molecule has 6 nitrogen and oxygen atoms in total. The molecule has 3 rings (SSSR count). The summed E-state index contributed by atoms with van der Waals surface area (Å²) in [5.74, 6) is 0.462. The minimum Gasteiger partial charge on any atom is -0.492 e. The fraction of sp³-hybridized carbons (Fsp3) is 0.167. The zero-order valence-electron chi connectivity index (χ0n) is 13.5. The Labute approximate surface area is 152 Å². The van der Waals surface area contributed by atoms with E-state index in [-0.39, 0.29) is 17.2 Å². The molecule has 0 bridgehead atoms. The Morgan fingerprint density at radius 3 is 2.56 bits per heavy atom.